The lowest BCUT2D eigenvalue weighted by molar-refractivity contribution is -0.134. The summed E-state index contributed by atoms with van der Waals surface area (Å²) in [5, 5.41) is 5.67. The number of likely N-dealkylation sites (N-methyl/N-ethyl adjacent to an activating group) is 1. The molecule has 2 aromatic rings. The Morgan fingerprint density at radius 3 is 2.48 bits per heavy atom. The van der Waals surface area contributed by atoms with Crippen molar-refractivity contribution in [3.63, 3.8) is 0 Å². The van der Waals surface area contributed by atoms with Crippen LogP contribution in [0.15, 0.2) is 48.5 Å². The van der Waals surface area contributed by atoms with Crippen LogP contribution in [0, 0.1) is 0 Å². The number of urea groups is 1. The highest BCUT2D eigenvalue weighted by Crippen LogP contribution is 2.41. The number of nitrogens with one attached hydrogen (secondary N) is 2. The number of aryl methyl sites for hydroxylation is 1. The van der Waals surface area contributed by atoms with Crippen LogP contribution in [-0.2, 0) is 21.5 Å². The Morgan fingerprint density at radius 2 is 1.76 bits per heavy atom. The van der Waals surface area contributed by atoms with Crippen molar-refractivity contribution in [2.45, 2.75) is 25.3 Å². The second-order valence-corrected chi connectivity index (χ2v) is 8.90. The number of carbonyl (C=O) groups is 3. The van der Waals surface area contributed by atoms with Crippen molar-refractivity contribution in [1.82, 2.24) is 15.1 Å². The molecule has 8 nitrogen and oxygen atoms in total. The monoisotopic (exact) mass is 447 g/mol. The second-order valence-electron chi connectivity index (χ2n) is 8.90. The lowest BCUT2D eigenvalue weighted by Gasteiger charge is -2.35. The zero-order valence-electron chi connectivity index (χ0n) is 18.8. The first-order chi connectivity index (χ1) is 16.0. The standard InChI is InChI=1S/C25H29N5O3/c1-2-28-13-15-29(16-14-28)20-9-7-19(8-10-20)26-22(31)17-30-23(32)25(27-24(30)33)12-11-18-5-3-4-6-21(18)25/h3-10H,2,11-17H2,1H3,(H,26,31)(H,27,33). The molecule has 1 unspecified atom stereocenters. The van der Waals surface area contributed by atoms with Gasteiger partial charge in [0.1, 0.15) is 12.1 Å². The molecule has 2 aromatic carbocycles. The number of hydrogen-bond acceptors (Lipinski definition) is 5. The number of anilines is 2. The molecule has 2 heterocycles. The smallest absolute Gasteiger partial charge is 0.325 e. The summed E-state index contributed by atoms with van der Waals surface area (Å²) in [7, 11) is 0. The zero-order valence-corrected chi connectivity index (χ0v) is 18.8. The number of nitrogens with zero attached hydrogens (tertiary/aromatic N) is 3. The van der Waals surface area contributed by atoms with Gasteiger partial charge in [0.05, 0.1) is 0 Å². The normalized spacial score (nSPS) is 22.6. The summed E-state index contributed by atoms with van der Waals surface area (Å²) in [5.74, 6) is -0.750. The highest BCUT2D eigenvalue weighted by atomic mass is 16.2. The summed E-state index contributed by atoms with van der Waals surface area (Å²) in [5.41, 5.74) is 2.62. The minimum Gasteiger partial charge on any atom is -0.369 e. The van der Waals surface area contributed by atoms with E-state index in [9.17, 15) is 14.4 Å². The van der Waals surface area contributed by atoms with Gasteiger partial charge < -0.3 is 20.4 Å². The second kappa shape index (κ2) is 8.51. The first-order valence-electron chi connectivity index (χ1n) is 11.6. The maximum Gasteiger partial charge on any atom is 0.325 e. The molecule has 2 N–H and O–H groups in total. The Morgan fingerprint density at radius 1 is 1.03 bits per heavy atom. The van der Waals surface area contributed by atoms with Crippen LogP contribution in [0.4, 0.5) is 16.2 Å². The molecule has 1 atom stereocenters. The number of imide groups is 1. The first kappa shape index (κ1) is 21.5. The average molecular weight is 448 g/mol. The fraction of sp³-hybridized carbons (Fsp3) is 0.400. The van der Waals surface area contributed by atoms with Gasteiger partial charge in [-0.05, 0) is 54.8 Å². The molecule has 0 radical (unpaired) electrons. The highest BCUT2D eigenvalue weighted by Gasteiger charge is 2.55. The molecule has 1 spiro atoms. The number of fused-ring (bicyclic) bond motifs is 2. The topological polar surface area (TPSA) is 85.0 Å². The molecule has 2 fully saturated rings. The fourth-order valence-corrected chi connectivity index (χ4v) is 5.16. The summed E-state index contributed by atoms with van der Waals surface area (Å²) in [6, 6.07) is 14.9. The third kappa shape index (κ3) is 3.84. The van der Waals surface area contributed by atoms with E-state index < -0.39 is 17.5 Å². The Kier molecular flexibility index (Phi) is 5.54. The van der Waals surface area contributed by atoms with Crippen LogP contribution in [-0.4, -0.2) is 66.9 Å². The lowest BCUT2D eigenvalue weighted by atomic mass is 9.92. The molecular weight excluding hydrogens is 418 g/mol. The maximum atomic E-state index is 13.2. The molecule has 2 saturated heterocycles. The van der Waals surface area contributed by atoms with Gasteiger partial charge in [-0.15, -0.1) is 0 Å². The van der Waals surface area contributed by atoms with Crippen LogP contribution in [0.3, 0.4) is 0 Å². The lowest BCUT2D eigenvalue weighted by Crippen LogP contribution is -2.46. The van der Waals surface area contributed by atoms with E-state index in [-0.39, 0.29) is 12.5 Å². The van der Waals surface area contributed by atoms with Crippen molar-refractivity contribution in [1.29, 1.82) is 0 Å². The molecule has 5 rings (SSSR count). The Bertz CT molecular complexity index is 1080. The van der Waals surface area contributed by atoms with Gasteiger partial charge in [0.2, 0.25) is 5.91 Å². The molecule has 0 saturated carbocycles. The third-order valence-electron chi connectivity index (χ3n) is 7.06. The third-order valence-corrected chi connectivity index (χ3v) is 7.06. The van der Waals surface area contributed by atoms with Crippen LogP contribution in [0.5, 0.6) is 0 Å². The molecule has 3 aliphatic rings. The Balaban J connectivity index is 1.21. The van der Waals surface area contributed by atoms with Crippen molar-refractivity contribution in [2.75, 3.05) is 49.5 Å². The first-order valence-corrected chi connectivity index (χ1v) is 11.6. The van der Waals surface area contributed by atoms with Crippen LogP contribution in [0.2, 0.25) is 0 Å². The SMILES string of the molecule is CCN1CCN(c2ccc(NC(=O)CN3C(=O)NC4(CCc5ccccc54)C3=O)cc2)CC1. The molecule has 2 aliphatic heterocycles. The van der Waals surface area contributed by atoms with E-state index >= 15 is 0 Å². The van der Waals surface area contributed by atoms with Crippen LogP contribution < -0.4 is 15.5 Å². The molecule has 1 aliphatic carbocycles. The van der Waals surface area contributed by atoms with E-state index in [4.69, 9.17) is 0 Å². The van der Waals surface area contributed by atoms with Gasteiger partial charge in [-0.25, -0.2) is 4.79 Å². The van der Waals surface area contributed by atoms with Gasteiger partial charge >= 0.3 is 6.03 Å². The number of carbonyl (C=O) groups excluding carboxylic acids is 3. The number of benzene rings is 2. The van der Waals surface area contributed by atoms with Crippen LogP contribution in [0.1, 0.15) is 24.5 Å². The summed E-state index contributed by atoms with van der Waals surface area (Å²) in [6.45, 7) is 7.01. The largest absolute Gasteiger partial charge is 0.369 e. The van der Waals surface area contributed by atoms with Crippen molar-refractivity contribution >= 4 is 29.2 Å². The zero-order chi connectivity index (χ0) is 23.0. The van der Waals surface area contributed by atoms with Gasteiger partial charge in [0.15, 0.2) is 0 Å². The summed E-state index contributed by atoms with van der Waals surface area (Å²) >= 11 is 0. The minimum absolute atomic E-state index is 0.310. The van der Waals surface area contributed by atoms with Crippen molar-refractivity contribution in [2.24, 2.45) is 0 Å². The van der Waals surface area contributed by atoms with Gasteiger partial charge in [0, 0.05) is 37.6 Å². The summed E-state index contributed by atoms with van der Waals surface area (Å²) in [4.78, 5) is 44.3. The van der Waals surface area contributed by atoms with E-state index in [1.54, 1.807) is 0 Å². The fourth-order valence-electron chi connectivity index (χ4n) is 5.16. The van der Waals surface area contributed by atoms with Crippen LogP contribution >= 0.6 is 0 Å². The van der Waals surface area contributed by atoms with Gasteiger partial charge in [-0.2, -0.15) is 0 Å². The van der Waals surface area contributed by atoms with Crippen molar-refractivity contribution in [3.05, 3.63) is 59.7 Å². The molecule has 8 heteroatoms. The van der Waals surface area contributed by atoms with Gasteiger partial charge in [0.25, 0.3) is 5.91 Å². The van der Waals surface area contributed by atoms with Gasteiger partial charge in [-0.1, -0.05) is 31.2 Å². The maximum absolute atomic E-state index is 13.2. The van der Waals surface area contributed by atoms with E-state index in [2.05, 4.69) is 27.4 Å². The van der Waals surface area contributed by atoms with E-state index in [0.29, 0.717) is 12.1 Å². The van der Waals surface area contributed by atoms with E-state index in [1.807, 2.05) is 48.5 Å². The number of amides is 4. The van der Waals surface area contributed by atoms with E-state index in [1.165, 1.54) is 0 Å². The molecule has 4 amide bonds. The molecule has 172 valence electrons. The van der Waals surface area contributed by atoms with Crippen molar-refractivity contribution < 1.29 is 14.4 Å². The van der Waals surface area contributed by atoms with Crippen molar-refractivity contribution in [3.8, 4) is 0 Å². The molecule has 33 heavy (non-hydrogen) atoms. The van der Waals surface area contributed by atoms with Gasteiger partial charge in [-0.3, -0.25) is 14.5 Å². The number of piperazine rings is 1. The minimum atomic E-state index is -1.04. The molecule has 0 bridgehead atoms. The number of rotatable bonds is 5. The summed E-state index contributed by atoms with van der Waals surface area (Å²) < 4.78 is 0. The summed E-state index contributed by atoms with van der Waals surface area (Å²) in [6.07, 6.45) is 1.24. The predicted octanol–water partition coefficient (Wildman–Crippen LogP) is 2.16. The van der Waals surface area contributed by atoms with Crippen LogP contribution in [0.25, 0.3) is 0 Å². The molecule has 0 aromatic heterocycles. The average Bonchev–Trinajstić information content (AvgIpc) is 3.32. The predicted molar refractivity (Wildman–Crippen MR) is 126 cm³/mol. The highest BCUT2D eigenvalue weighted by molar-refractivity contribution is 6.10. The quantitative estimate of drug-likeness (QED) is 0.687. The Hall–Kier alpha value is -3.39. The Labute approximate surface area is 193 Å². The molecular formula is C25H29N5O3. The number of hydrogen-bond donors (Lipinski definition) is 2. The van der Waals surface area contributed by atoms with E-state index in [0.717, 1.165) is 60.9 Å².